The summed E-state index contributed by atoms with van der Waals surface area (Å²) in [7, 11) is 0. The molecule has 2 aromatic rings. The van der Waals surface area contributed by atoms with Gasteiger partial charge in [0, 0.05) is 5.69 Å². The van der Waals surface area contributed by atoms with Crippen LogP contribution in [0.15, 0.2) is 36.4 Å². The van der Waals surface area contributed by atoms with Gasteiger partial charge < -0.3 is 5.11 Å². The fraction of sp³-hybridized carbons (Fsp3) is 0.182. The number of phenolic OH excluding ortho intramolecular Hbond substituents is 1. The summed E-state index contributed by atoms with van der Waals surface area (Å²) in [5, 5.41) is 15.3. The monoisotopic (exact) mass is 190 g/mol. The molecule has 3 nitrogen and oxygen atoms in total. The minimum atomic E-state index is 0.322. The molecular weight excluding hydrogens is 176 g/mol. The zero-order valence-electron chi connectivity index (χ0n) is 8.36. The van der Waals surface area contributed by atoms with Crippen molar-refractivity contribution in [2.75, 3.05) is 0 Å². The van der Waals surface area contributed by atoms with Crippen LogP contribution in [0.4, 0.5) is 0 Å². The van der Waals surface area contributed by atoms with Crippen molar-refractivity contribution >= 4 is 0 Å². The van der Waals surface area contributed by atoms with Crippen LogP contribution in [-0.4, -0.2) is 15.3 Å². The molecule has 3 heteroatoms. The van der Waals surface area contributed by atoms with Gasteiger partial charge in [0.25, 0.3) is 0 Å². The van der Waals surface area contributed by atoms with Crippen LogP contribution in [0.1, 0.15) is 11.4 Å². The Morgan fingerprint density at radius 1 is 1.14 bits per heavy atom. The largest absolute Gasteiger partial charge is 0.508 e. The van der Waals surface area contributed by atoms with Crippen LogP contribution in [0.5, 0.6) is 5.75 Å². The summed E-state index contributed by atoms with van der Waals surface area (Å²) >= 11 is 0. The molecule has 0 fully saturated rings. The minimum Gasteiger partial charge on any atom is -0.508 e. The molecule has 0 radical (unpaired) electrons. The molecule has 0 unspecified atom stereocenters. The highest BCUT2D eigenvalue weighted by Gasteiger charge is 1.84. The maximum atomic E-state index is 8.63. The molecule has 0 aliphatic carbocycles. The van der Waals surface area contributed by atoms with E-state index in [4.69, 9.17) is 5.11 Å². The maximum Gasteiger partial charge on any atom is 0.115 e. The molecule has 0 amide bonds. The Kier molecular flexibility index (Phi) is 3.73. The zero-order valence-corrected chi connectivity index (χ0v) is 8.36. The highest BCUT2D eigenvalue weighted by Crippen LogP contribution is 2.02. The highest BCUT2D eigenvalue weighted by molar-refractivity contribution is 5.18. The number of hydrogen-bond donors (Lipinski definition) is 2. The topological polar surface area (TPSA) is 48.9 Å². The van der Waals surface area contributed by atoms with Crippen molar-refractivity contribution in [2.24, 2.45) is 0 Å². The molecule has 0 aliphatic rings. The van der Waals surface area contributed by atoms with Gasteiger partial charge in [-0.05, 0) is 32.0 Å². The normalized spacial score (nSPS) is 9.00. The molecule has 1 heterocycles. The van der Waals surface area contributed by atoms with Crippen LogP contribution < -0.4 is 0 Å². The highest BCUT2D eigenvalue weighted by atomic mass is 16.3. The molecule has 1 aromatic heterocycles. The Morgan fingerprint density at radius 2 is 1.79 bits per heavy atom. The van der Waals surface area contributed by atoms with Gasteiger partial charge in [-0.2, -0.15) is 5.10 Å². The third kappa shape index (κ3) is 3.76. The second-order valence-electron chi connectivity index (χ2n) is 3.03. The summed E-state index contributed by atoms with van der Waals surface area (Å²) in [5.41, 5.74) is 2.18. The number of hydrogen-bond acceptors (Lipinski definition) is 2. The van der Waals surface area contributed by atoms with Crippen LogP contribution in [0.3, 0.4) is 0 Å². The standard InChI is InChI=1S/C6H6O.C5H8N2/c7-6-4-2-1-3-5-6;1-4-3-5(2)7-6-4/h1-5,7H;3H,1-2H3,(H,6,7). The molecule has 2 rings (SSSR count). The Balaban J connectivity index is 0.000000140. The number of nitrogens with one attached hydrogen (secondary N) is 1. The Labute approximate surface area is 83.4 Å². The van der Waals surface area contributed by atoms with Crippen molar-refractivity contribution in [3.63, 3.8) is 0 Å². The molecule has 1 aromatic carbocycles. The van der Waals surface area contributed by atoms with E-state index in [9.17, 15) is 0 Å². The number of rotatable bonds is 0. The lowest BCUT2D eigenvalue weighted by molar-refractivity contribution is 0.475. The summed E-state index contributed by atoms with van der Waals surface area (Å²) in [6, 6.07) is 10.7. The maximum absolute atomic E-state index is 8.63. The second-order valence-corrected chi connectivity index (χ2v) is 3.03. The Morgan fingerprint density at radius 3 is 2.00 bits per heavy atom. The number of nitrogens with zero attached hydrogens (tertiary/aromatic N) is 1. The Hall–Kier alpha value is -1.77. The smallest absolute Gasteiger partial charge is 0.115 e. The fourth-order valence-electron chi connectivity index (χ4n) is 0.982. The van der Waals surface area contributed by atoms with E-state index >= 15 is 0 Å². The summed E-state index contributed by atoms with van der Waals surface area (Å²) < 4.78 is 0. The molecule has 0 spiro atoms. The molecule has 0 aliphatic heterocycles. The number of para-hydroxylation sites is 1. The van der Waals surface area contributed by atoms with Crippen molar-refractivity contribution in [3.8, 4) is 5.75 Å². The summed E-state index contributed by atoms with van der Waals surface area (Å²) in [6.07, 6.45) is 0. The van der Waals surface area contributed by atoms with E-state index in [1.165, 1.54) is 0 Å². The lowest BCUT2D eigenvalue weighted by atomic mass is 10.3. The van der Waals surface area contributed by atoms with Gasteiger partial charge in [0.2, 0.25) is 0 Å². The SMILES string of the molecule is Cc1cc(C)[nH]n1.Oc1ccccc1. The molecule has 0 bridgehead atoms. The van der Waals surface area contributed by atoms with Crippen LogP contribution in [0, 0.1) is 13.8 Å². The van der Waals surface area contributed by atoms with Crippen LogP contribution in [0.2, 0.25) is 0 Å². The molecule has 2 N–H and O–H groups in total. The molecule has 0 atom stereocenters. The molecular formula is C11H14N2O. The zero-order chi connectivity index (χ0) is 10.4. The predicted molar refractivity (Wildman–Crippen MR) is 56.2 cm³/mol. The first-order chi connectivity index (χ1) is 6.68. The first-order valence-electron chi connectivity index (χ1n) is 4.41. The summed E-state index contributed by atoms with van der Waals surface area (Å²) in [6.45, 7) is 3.95. The number of benzene rings is 1. The van der Waals surface area contributed by atoms with E-state index in [2.05, 4.69) is 10.2 Å². The van der Waals surface area contributed by atoms with Gasteiger partial charge in [-0.1, -0.05) is 18.2 Å². The van der Waals surface area contributed by atoms with E-state index in [1.807, 2.05) is 26.0 Å². The lowest BCUT2D eigenvalue weighted by Crippen LogP contribution is -1.68. The quantitative estimate of drug-likeness (QED) is 0.670. The third-order valence-corrected chi connectivity index (χ3v) is 1.59. The van der Waals surface area contributed by atoms with Gasteiger partial charge in [-0.3, -0.25) is 5.10 Å². The van der Waals surface area contributed by atoms with Crippen LogP contribution in [0.25, 0.3) is 0 Å². The summed E-state index contributed by atoms with van der Waals surface area (Å²) in [5.74, 6) is 0.322. The third-order valence-electron chi connectivity index (χ3n) is 1.59. The van der Waals surface area contributed by atoms with Gasteiger partial charge in [-0.25, -0.2) is 0 Å². The molecule has 14 heavy (non-hydrogen) atoms. The van der Waals surface area contributed by atoms with E-state index in [0.29, 0.717) is 5.75 Å². The van der Waals surface area contributed by atoms with Crippen molar-refractivity contribution < 1.29 is 5.11 Å². The van der Waals surface area contributed by atoms with Gasteiger partial charge >= 0.3 is 0 Å². The molecule has 0 saturated carbocycles. The van der Waals surface area contributed by atoms with Crippen molar-refractivity contribution in [3.05, 3.63) is 47.8 Å². The first-order valence-corrected chi connectivity index (χ1v) is 4.41. The predicted octanol–water partition coefficient (Wildman–Crippen LogP) is 2.42. The first kappa shape index (κ1) is 10.3. The van der Waals surface area contributed by atoms with Gasteiger partial charge in [-0.15, -0.1) is 0 Å². The van der Waals surface area contributed by atoms with Crippen molar-refractivity contribution in [1.82, 2.24) is 10.2 Å². The van der Waals surface area contributed by atoms with E-state index in [-0.39, 0.29) is 0 Å². The minimum absolute atomic E-state index is 0.322. The Bertz CT molecular complexity index is 351. The van der Waals surface area contributed by atoms with Crippen molar-refractivity contribution in [1.29, 1.82) is 0 Å². The second kappa shape index (κ2) is 5.07. The number of H-pyrrole nitrogens is 1. The number of phenols is 1. The van der Waals surface area contributed by atoms with Crippen LogP contribution in [-0.2, 0) is 0 Å². The van der Waals surface area contributed by atoms with E-state index in [0.717, 1.165) is 11.4 Å². The number of aryl methyl sites for hydroxylation is 2. The van der Waals surface area contributed by atoms with Gasteiger partial charge in [0.1, 0.15) is 5.75 Å². The lowest BCUT2D eigenvalue weighted by Gasteiger charge is -1.82. The summed E-state index contributed by atoms with van der Waals surface area (Å²) in [4.78, 5) is 0. The molecule has 0 saturated heterocycles. The fourth-order valence-corrected chi connectivity index (χ4v) is 0.982. The van der Waals surface area contributed by atoms with E-state index in [1.54, 1.807) is 24.3 Å². The van der Waals surface area contributed by atoms with E-state index < -0.39 is 0 Å². The van der Waals surface area contributed by atoms with Gasteiger partial charge in [0.15, 0.2) is 0 Å². The average molecular weight is 190 g/mol. The van der Waals surface area contributed by atoms with Gasteiger partial charge in [0.05, 0.1) is 5.69 Å². The number of aromatic hydroxyl groups is 1. The molecule has 74 valence electrons. The van der Waals surface area contributed by atoms with Crippen LogP contribution >= 0.6 is 0 Å². The number of aromatic nitrogens is 2. The van der Waals surface area contributed by atoms with Crippen molar-refractivity contribution in [2.45, 2.75) is 13.8 Å². The average Bonchev–Trinajstić information content (AvgIpc) is 2.52. The number of aromatic amines is 1.